The van der Waals surface area contributed by atoms with Crippen LogP contribution in [0.1, 0.15) is 30.7 Å². The largest absolute Gasteiger partial charge is 0.324 e. The summed E-state index contributed by atoms with van der Waals surface area (Å²) in [6.07, 6.45) is 4.16. The van der Waals surface area contributed by atoms with Crippen LogP contribution in [0.15, 0.2) is 27.6 Å². The number of sulfonamides is 1. The summed E-state index contributed by atoms with van der Waals surface area (Å²) in [5.41, 5.74) is 2.33. The lowest BCUT2D eigenvalue weighted by atomic mass is 10.0. The minimum atomic E-state index is -3.63. The van der Waals surface area contributed by atoms with Gasteiger partial charge in [-0.15, -0.1) is 5.10 Å². The highest BCUT2D eigenvalue weighted by atomic mass is 79.9. The lowest BCUT2D eigenvalue weighted by molar-refractivity contribution is -0.117. The molecule has 1 saturated carbocycles. The number of carbonyl (C=O) groups is 1. The molecule has 1 amide bonds. The molecule has 1 atom stereocenters. The Morgan fingerprint density at radius 2 is 2.03 bits per heavy atom. The summed E-state index contributed by atoms with van der Waals surface area (Å²) in [5, 5.41) is 11.1. The van der Waals surface area contributed by atoms with Crippen molar-refractivity contribution in [3.8, 4) is 0 Å². The first kappa shape index (κ1) is 22.0. The Kier molecular flexibility index (Phi) is 5.85. The van der Waals surface area contributed by atoms with Gasteiger partial charge in [-0.1, -0.05) is 5.21 Å². The van der Waals surface area contributed by atoms with Gasteiger partial charge in [0.05, 0.1) is 16.3 Å². The third-order valence-corrected chi connectivity index (χ3v) is 9.53. The summed E-state index contributed by atoms with van der Waals surface area (Å²) in [7, 11) is -1.60. The molecule has 0 unspecified atom stereocenters. The molecule has 0 bridgehead atoms. The topological polar surface area (TPSA) is 100 Å². The minimum Gasteiger partial charge on any atom is -0.324 e. The van der Waals surface area contributed by atoms with Crippen LogP contribution in [0.4, 0.5) is 5.69 Å². The Labute approximate surface area is 196 Å². The van der Waals surface area contributed by atoms with Crippen molar-refractivity contribution in [3.05, 3.63) is 34.1 Å². The molecule has 1 N–H and O–H groups in total. The highest BCUT2D eigenvalue weighted by Gasteiger charge is 2.40. The molecule has 172 valence electrons. The summed E-state index contributed by atoms with van der Waals surface area (Å²) >= 11 is 3.39. The van der Waals surface area contributed by atoms with Crippen molar-refractivity contribution < 1.29 is 13.2 Å². The number of carbonyl (C=O) groups excluding carboxylic acids is 1. The number of aromatic nitrogens is 3. The lowest BCUT2D eigenvalue weighted by Crippen LogP contribution is -2.30. The van der Waals surface area contributed by atoms with Crippen molar-refractivity contribution in [3.63, 3.8) is 0 Å². The van der Waals surface area contributed by atoms with E-state index in [1.54, 1.807) is 21.1 Å². The number of amides is 1. The molecule has 1 aromatic heterocycles. The molecular formula is C21H27BrN6O3S. The molecule has 3 heterocycles. The van der Waals surface area contributed by atoms with Crippen LogP contribution in [0.3, 0.4) is 0 Å². The van der Waals surface area contributed by atoms with Crippen molar-refractivity contribution >= 4 is 37.5 Å². The predicted molar refractivity (Wildman–Crippen MR) is 122 cm³/mol. The number of halogens is 1. The van der Waals surface area contributed by atoms with Crippen LogP contribution in [-0.2, 0) is 34.3 Å². The predicted octanol–water partition coefficient (Wildman–Crippen LogP) is 2.09. The second-order valence-electron chi connectivity index (χ2n) is 9.07. The Morgan fingerprint density at radius 1 is 1.22 bits per heavy atom. The molecule has 9 nitrogen and oxygen atoms in total. The number of benzene rings is 1. The average molecular weight is 523 g/mol. The number of likely N-dealkylation sites (N-methyl/N-ethyl adjacent to an activating group) is 1. The normalized spacial score (nSPS) is 22.1. The molecule has 1 aromatic carbocycles. The van der Waals surface area contributed by atoms with E-state index in [2.05, 4.69) is 36.5 Å². The number of rotatable bonds is 6. The van der Waals surface area contributed by atoms with E-state index in [9.17, 15) is 13.2 Å². The van der Waals surface area contributed by atoms with E-state index in [4.69, 9.17) is 0 Å². The Balaban J connectivity index is 1.29. The zero-order valence-corrected chi connectivity index (χ0v) is 20.4. The van der Waals surface area contributed by atoms with Gasteiger partial charge in [0.25, 0.3) is 0 Å². The highest BCUT2D eigenvalue weighted by molar-refractivity contribution is 9.10. The highest BCUT2D eigenvalue weighted by Crippen LogP contribution is 2.42. The first-order valence-electron chi connectivity index (χ1n) is 11.0. The van der Waals surface area contributed by atoms with Gasteiger partial charge in [-0.05, 0) is 72.3 Å². The maximum atomic E-state index is 13.3. The number of hydrogen-bond acceptors (Lipinski definition) is 6. The fourth-order valence-corrected chi connectivity index (χ4v) is 7.16. The molecule has 0 spiro atoms. The van der Waals surface area contributed by atoms with Crippen LogP contribution < -0.4 is 5.32 Å². The van der Waals surface area contributed by atoms with Gasteiger partial charge in [-0.2, -0.15) is 4.31 Å². The van der Waals surface area contributed by atoms with Crippen LogP contribution >= 0.6 is 15.9 Å². The zero-order chi connectivity index (χ0) is 22.5. The van der Waals surface area contributed by atoms with Gasteiger partial charge >= 0.3 is 0 Å². The SMILES string of the molecule is CN1CCc2c(nnn2CC(=O)Nc2ccc(Br)c(S(=O)(=O)N3CC[C@@H](C4CC4)C3)c2)C1. The summed E-state index contributed by atoms with van der Waals surface area (Å²) in [4.78, 5) is 15.0. The van der Waals surface area contributed by atoms with Crippen LogP contribution in [0.5, 0.6) is 0 Å². The average Bonchev–Trinajstić information content (AvgIpc) is 3.34. The van der Waals surface area contributed by atoms with Crippen LogP contribution in [0, 0.1) is 11.8 Å². The third kappa shape index (κ3) is 4.35. The Hall–Kier alpha value is -1.82. The van der Waals surface area contributed by atoms with E-state index in [0.717, 1.165) is 37.3 Å². The van der Waals surface area contributed by atoms with Gasteiger partial charge in [-0.3, -0.25) is 4.79 Å². The minimum absolute atomic E-state index is 0.0411. The second kappa shape index (κ2) is 8.51. The van der Waals surface area contributed by atoms with E-state index < -0.39 is 10.0 Å². The monoisotopic (exact) mass is 522 g/mol. The molecule has 2 fully saturated rings. The summed E-state index contributed by atoms with van der Waals surface area (Å²) in [6, 6.07) is 4.90. The van der Waals surface area contributed by atoms with Gasteiger partial charge in [0.2, 0.25) is 15.9 Å². The Morgan fingerprint density at radius 3 is 2.81 bits per heavy atom. The standard InChI is InChI=1S/C21H27BrN6O3S/c1-26-8-7-19-18(12-26)24-25-28(19)13-21(29)23-16-4-5-17(22)20(10-16)32(30,31)27-9-6-15(11-27)14-2-3-14/h4-5,10,14-15H,2-3,6-9,11-13H2,1H3,(H,23,29)/t15-/m1/s1. The number of hydrogen-bond donors (Lipinski definition) is 1. The lowest BCUT2D eigenvalue weighted by Gasteiger charge is -2.21. The number of nitrogens with zero attached hydrogens (tertiary/aromatic N) is 5. The van der Waals surface area contributed by atoms with Gasteiger partial charge in [0, 0.05) is 42.8 Å². The van der Waals surface area contributed by atoms with Gasteiger partial charge < -0.3 is 10.2 Å². The summed E-state index contributed by atoms with van der Waals surface area (Å²) in [5.74, 6) is 0.893. The van der Waals surface area contributed by atoms with Gasteiger partial charge in [0.15, 0.2) is 0 Å². The van der Waals surface area contributed by atoms with Crippen molar-refractivity contribution in [1.82, 2.24) is 24.2 Å². The van der Waals surface area contributed by atoms with Crippen LogP contribution in [-0.4, -0.2) is 65.2 Å². The first-order chi connectivity index (χ1) is 15.3. The molecular weight excluding hydrogens is 496 g/mol. The molecule has 11 heteroatoms. The fourth-order valence-electron chi connectivity index (χ4n) is 4.70. The van der Waals surface area contributed by atoms with E-state index in [1.807, 2.05) is 7.05 Å². The van der Waals surface area contributed by atoms with E-state index in [0.29, 0.717) is 35.1 Å². The molecule has 2 aromatic rings. The van der Waals surface area contributed by atoms with Crippen molar-refractivity contribution in [1.29, 1.82) is 0 Å². The van der Waals surface area contributed by atoms with E-state index in [1.165, 1.54) is 18.9 Å². The summed E-state index contributed by atoms with van der Waals surface area (Å²) in [6.45, 7) is 2.80. The second-order valence-corrected chi connectivity index (χ2v) is 11.8. The number of anilines is 1. The van der Waals surface area contributed by atoms with Gasteiger partial charge in [-0.25, -0.2) is 13.1 Å². The molecule has 2 aliphatic heterocycles. The molecule has 1 aliphatic carbocycles. The van der Waals surface area contributed by atoms with E-state index >= 15 is 0 Å². The first-order valence-corrected chi connectivity index (χ1v) is 13.2. The fraction of sp³-hybridized carbons (Fsp3) is 0.571. The van der Waals surface area contributed by atoms with Crippen molar-refractivity contribution in [2.24, 2.45) is 11.8 Å². The zero-order valence-electron chi connectivity index (χ0n) is 18.0. The third-order valence-electron chi connectivity index (χ3n) is 6.67. The quantitative estimate of drug-likeness (QED) is 0.623. The molecule has 32 heavy (non-hydrogen) atoms. The molecule has 3 aliphatic rings. The van der Waals surface area contributed by atoms with Crippen molar-refractivity contribution in [2.75, 3.05) is 32.0 Å². The van der Waals surface area contributed by atoms with Crippen molar-refractivity contribution in [2.45, 2.75) is 43.7 Å². The molecule has 0 radical (unpaired) electrons. The number of fused-ring (bicyclic) bond motifs is 1. The summed E-state index contributed by atoms with van der Waals surface area (Å²) < 4.78 is 30.3. The maximum absolute atomic E-state index is 13.3. The Bertz CT molecular complexity index is 1150. The van der Waals surface area contributed by atoms with Crippen LogP contribution in [0.2, 0.25) is 0 Å². The van der Waals surface area contributed by atoms with Crippen LogP contribution in [0.25, 0.3) is 0 Å². The smallest absolute Gasteiger partial charge is 0.246 e. The number of nitrogens with one attached hydrogen (secondary N) is 1. The molecule has 1 saturated heterocycles. The van der Waals surface area contributed by atoms with Gasteiger partial charge in [0.1, 0.15) is 6.54 Å². The van der Waals surface area contributed by atoms with E-state index in [-0.39, 0.29) is 17.3 Å². The maximum Gasteiger partial charge on any atom is 0.246 e. The molecule has 5 rings (SSSR count).